The molecule has 4 saturated carbocycles. The third kappa shape index (κ3) is 2.25. The van der Waals surface area contributed by atoms with Gasteiger partial charge in [-0.2, -0.15) is 0 Å². The fourth-order valence-corrected chi connectivity index (χ4v) is 7.77. The number of hydrogen-bond acceptors (Lipinski definition) is 6. The summed E-state index contributed by atoms with van der Waals surface area (Å²) < 4.78 is 5.70. The van der Waals surface area contributed by atoms with Crippen molar-refractivity contribution in [3.8, 4) is 0 Å². The van der Waals surface area contributed by atoms with Gasteiger partial charge in [-0.05, 0) is 42.4 Å². The van der Waals surface area contributed by atoms with Crippen molar-refractivity contribution in [2.45, 2.75) is 77.1 Å². The third-order valence-electron chi connectivity index (χ3n) is 8.85. The first-order valence-corrected chi connectivity index (χ1v) is 10.4. The van der Waals surface area contributed by atoms with Crippen molar-refractivity contribution in [3.05, 3.63) is 12.2 Å². The summed E-state index contributed by atoms with van der Waals surface area (Å²) in [5.74, 6) is -1.15. The van der Waals surface area contributed by atoms with Crippen LogP contribution >= 0.6 is 0 Å². The van der Waals surface area contributed by atoms with Crippen molar-refractivity contribution in [3.63, 3.8) is 0 Å². The highest BCUT2D eigenvalue weighted by molar-refractivity contribution is 6.05. The molecule has 0 aliphatic heterocycles. The summed E-state index contributed by atoms with van der Waals surface area (Å²) in [7, 11) is 0. The maximum atomic E-state index is 13.4. The molecule has 4 fully saturated rings. The Kier molecular flexibility index (Phi) is 4.22. The Bertz CT molecular complexity index is 747. The molecule has 0 radical (unpaired) electrons. The number of Topliss-reactive ketones (excluding diaryl/α,β-unsaturated/α-hetero) is 1. The third-order valence-corrected chi connectivity index (χ3v) is 8.85. The van der Waals surface area contributed by atoms with Crippen molar-refractivity contribution in [2.75, 3.05) is 6.61 Å². The van der Waals surface area contributed by atoms with Gasteiger partial charge < -0.3 is 20.1 Å². The predicted octanol–water partition coefficient (Wildman–Crippen LogP) is 1.75. The molecule has 8 atom stereocenters. The fourth-order valence-electron chi connectivity index (χ4n) is 7.77. The lowest BCUT2D eigenvalue weighted by atomic mass is 9.39. The average Bonchev–Trinajstić information content (AvgIpc) is 2.75. The van der Waals surface area contributed by atoms with Gasteiger partial charge in [-0.1, -0.05) is 26.8 Å². The smallest absolute Gasteiger partial charge is 0.302 e. The topological polar surface area (TPSA) is 104 Å². The molecule has 6 nitrogen and oxygen atoms in total. The van der Waals surface area contributed by atoms with Gasteiger partial charge in [0.15, 0.2) is 5.78 Å². The van der Waals surface area contributed by atoms with Crippen LogP contribution in [0, 0.1) is 28.1 Å². The zero-order valence-electron chi connectivity index (χ0n) is 17.0. The Labute approximate surface area is 166 Å². The minimum absolute atomic E-state index is 0.00436. The summed E-state index contributed by atoms with van der Waals surface area (Å²) in [6.45, 7) is 9.39. The second kappa shape index (κ2) is 5.89. The van der Waals surface area contributed by atoms with E-state index < -0.39 is 40.5 Å². The van der Waals surface area contributed by atoms with Gasteiger partial charge in [0, 0.05) is 31.4 Å². The minimum atomic E-state index is -1.44. The standard InChI is InChI=1S/C22H32O6/c1-12-18(26)22-10-21(12,27)9-14(28-13(2)24)17(22)20(4)7-5-6-19(3,11-23)15(20)8-16(22)25/h14-17,23,25,27H,1,5-11H2,2-4H3/t14-,15+,16+,17-,19-,20+,21-,22-/m0/s1. The van der Waals surface area contributed by atoms with Crippen molar-refractivity contribution < 1.29 is 29.6 Å². The monoisotopic (exact) mass is 392 g/mol. The maximum absolute atomic E-state index is 13.4. The Morgan fingerprint density at radius 1 is 1.32 bits per heavy atom. The van der Waals surface area contributed by atoms with E-state index in [1.165, 1.54) is 6.92 Å². The number of aliphatic hydroxyl groups excluding tert-OH is 2. The highest BCUT2D eigenvalue weighted by Gasteiger charge is 2.76. The van der Waals surface area contributed by atoms with Crippen LogP contribution in [0.5, 0.6) is 0 Å². The summed E-state index contributed by atoms with van der Waals surface area (Å²) in [5, 5.41) is 32.7. The first-order chi connectivity index (χ1) is 12.9. The van der Waals surface area contributed by atoms with Gasteiger partial charge >= 0.3 is 5.97 Å². The number of hydrogen-bond donors (Lipinski definition) is 3. The van der Waals surface area contributed by atoms with E-state index in [4.69, 9.17) is 4.74 Å². The van der Waals surface area contributed by atoms with Gasteiger partial charge in [-0.25, -0.2) is 0 Å². The highest BCUT2D eigenvalue weighted by atomic mass is 16.5. The van der Waals surface area contributed by atoms with E-state index >= 15 is 0 Å². The van der Waals surface area contributed by atoms with E-state index in [0.29, 0.717) is 6.42 Å². The van der Waals surface area contributed by atoms with Gasteiger partial charge in [0.25, 0.3) is 0 Å². The zero-order chi connectivity index (χ0) is 20.7. The van der Waals surface area contributed by atoms with Crippen LogP contribution in [-0.2, 0) is 14.3 Å². The lowest BCUT2D eigenvalue weighted by Gasteiger charge is -2.66. The van der Waals surface area contributed by atoms with Crippen molar-refractivity contribution in [1.29, 1.82) is 0 Å². The van der Waals surface area contributed by atoms with E-state index in [1.807, 2.05) is 0 Å². The van der Waals surface area contributed by atoms with Crippen LogP contribution in [0.2, 0.25) is 0 Å². The average molecular weight is 392 g/mol. The van der Waals surface area contributed by atoms with E-state index in [-0.39, 0.29) is 42.1 Å². The molecule has 0 aromatic heterocycles. The number of fused-ring (bicyclic) bond motifs is 3. The van der Waals surface area contributed by atoms with E-state index in [0.717, 1.165) is 19.3 Å². The molecule has 6 heteroatoms. The van der Waals surface area contributed by atoms with E-state index in [1.54, 1.807) is 0 Å². The Hall–Kier alpha value is -1.24. The SMILES string of the molecule is C=C1C(=O)[C@]23C[C@@]1(O)C[C@H](OC(C)=O)[C@H]2[C@]1(C)CCC[C@@](C)(CO)[C@H]1C[C@H]3O. The molecule has 0 amide bonds. The molecule has 4 aliphatic rings. The highest BCUT2D eigenvalue weighted by Crippen LogP contribution is 2.72. The molecule has 4 rings (SSSR count). The van der Waals surface area contributed by atoms with Crippen LogP contribution < -0.4 is 0 Å². The molecule has 0 aromatic carbocycles. The summed E-state index contributed by atoms with van der Waals surface area (Å²) in [5.41, 5.74) is -3.23. The Morgan fingerprint density at radius 2 is 2.00 bits per heavy atom. The number of aliphatic hydroxyl groups is 3. The van der Waals surface area contributed by atoms with Crippen LogP contribution in [0.3, 0.4) is 0 Å². The molecule has 0 saturated heterocycles. The molecule has 4 aliphatic carbocycles. The number of rotatable bonds is 2. The first kappa shape index (κ1) is 20.0. The second-order valence-corrected chi connectivity index (χ2v) is 10.4. The molecule has 156 valence electrons. The Balaban J connectivity index is 1.91. The number of ether oxygens (including phenoxy) is 1. The quantitative estimate of drug-likeness (QED) is 0.489. The second-order valence-electron chi connectivity index (χ2n) is 10.4. The Morgan fingerprint density at radius 3 is 2.61 bits per heavy atom. The number of carbonyl (C=O) groups excluding carboxylic acids is 2. The summed E-state index contributed by atoms with van der Waals surface area (Å²) in [6.07, 6.45) is 1.64. The number of carbonyl (C=O) groups is 2. The fraction of sp³-hybridized carbons (Fsp3) is 0.818. The van der Waals surface area contributed by atoms with Crippen LogP contribution in [0.25, 0.3) is 0 Å². The normalized spacial score (nSPS) is 52.8. The van der Waals surface area contributed by atoms with Crippen molar-refractivity contribution in [1.82, 2.24) is 0 Å². The van der Waals surface area contributed by atoms with Gasteiger partial charge in [-0.15, -0.1) is 0 Å². The van der Waals surface area contributed by atoms with Crippen LogP contribution in [0.1, 0.15) is 59.3 Å². The van der Waals surface area contributed by atoms with Crippen molar-refractivity contribution in [2.24, 2.45) is 28.1 Å². The van der Waals surface area contributed by atoms with Gasteiger partial charge in [-0.3, -0.25) is 9.59 Å². The number of ketones is 1. The maximum Gasteiger partial charge on any atom is 0.302 e. The molecule has 28 heavy (non-hydrogen) atoms. The summed E-state index contributed by atoms with van der Waals surface area (Å²) in [4.78, 5) is 25.3. The molecule has 3 N–H and O–H groups in total. The lowest BCUT2D eigenvalue weighted by molar-refractivity contribution is -0.245. The van der Waals surface area contributed by atoms with Gasteiger partial charge in [0.2, 0.25) is 0 Å². The molecule has 1 spiro atoms. The number of esters is 1. The largest absolute Gasteiger partial charge is 0.462 e. The molecule has 2 bridgehead atoms. The predicted molar refractivity (Wildman–Crippen MR) is 101 cm³/mol. The van der Waals surface area contributed by atoms with Crippen LogP contribution in [0.4, 0.5) is 0 Å². The van der Waals surface area contributed by atoms with Crippen LogP contribution in [-0.4, -0.2) is 51.5 Å². The molecule has 0 aromatic rings. The summed E-state index contributed by atoms with van der Waals surface area (Å²) in [6, 6.07) is 0. The summed E-state index contributed by atoms with van der Waals surface area (Å²) >= 11 is 0. The van der Waals surface area contributed by atoms with E-state index in [2.05, 4.69) is 20.4 Å². The van der Waals surface area contributed by atoms with Crippen LogP contribution in [0.15, 0.2) is 12.2 Å². The first-order valence-electron chi connectivity index (χ1n) is 10.4. The van der Waals surface area contributed by atoms with Gasteiger partial charge in [0.1, 0.15) is 6.10 Å². The molecular formula is C22H32O6. The zero-order valence-corrected chi connectivity index (χ0v) is 17.0. The van der Waals surface area contributed by atoms with Crippen molar-refractivity contribution >= 4 is 11.8 Å². The van der Waals surface area contributed by atoms with E-state index in [9.17, 15) is 24.9 Å². The molecular weight excluding hydrogens is 360 g/mol. The lowest BCUT2D eigenvalue weighted by Crippen LogP contribution is -2.68. The molecule has 0 unspecified atom stereocenters. The minimum Gasteiger partial charge on any atom is -0.462 e. The van der Waals surface area contributed by atoms with Gasteiger partial charge in [0.05, 0.1) is 17.1 Å². The molecule has 0 heterocycles.